The minimum absolute atomic E-state index is 0.231. The smallest absolute Gasteiger partial charge is 0.410 e. The van der Waals surface area contributed by atoms with Crippen LogP contribution in [0, 0.1) is 0 Å². The van der Waals surface area contributed by atoms with Crippen molar-refractivity contribution in [3.05, 3.63) is 102 Å². The zero-order chi connectivity index (χ0) is 34.0. The minimum atomic E-state index is -0.718. The van der Waals surface area contributed by atoms with E-state index in [0.29, 0.717) is 30.3 Å². The van der Waals surface area contributed by atoms with Crippen LogP contribution in [-0.4, -0.2) is 57.0 Å². The van der Waals surface area contributed by atoms with Crippen LogP contribution in [0.4, 0.5) is 4.79 Å². The van der Waals surface area contributed by atoms with Gasteiger partial charge in [-0.15, -0.1) is 0 Å². The lowest BCUT2D eigenvalue weighted by atomic mass is 9.99. The molecule has 10 heteroatoms. The van der Waals surface area contributed by atoms with Gasteiger partial charge in [0.25, 0.3) is 5.91 Å². The number of aromatic nitrogens is 2. The van der Waals surface area contributed by atoms with Crippen LogP contribution < -0.4 is 16.0 Å². The van der Waals surface area contributed by atoms with E-state index < -0.39 is 17.7 Å². The first-order chi connectivity index (χ1) is 22.4. The van der Waals surface area contributed by atoms with Gasteiger partial charge >= 0.3 is 6.09 Å². The Balaban J connectivity index is 1.45. The standard InChI is InChI=1S/C37H48N6O4/c1-25(2)38-20-10-15-32(35(45)41-26(3)30-14-9-12-28-11-7-8-13-31(28)30)42-34(44)29-18-16-27(17-19-29)23-43(24-33-39-21-22-40-33)36(46)47-37(4,5)6/h7-9,11-14,16-19,21-22,25-26,32,38H,10,15,20,23-24H2,1-6H3,(H,39,40)(H,41,45)(H,42,44)/t26-,32-/m0/s1. The number of fused-ring (bicyclic) bond motifs is 1. The summed E-state index contributed by atoms with van der Waals surface area (Å²) in [6, 6.07) is 20.5. The molecule has 0 bridgehead atoms. The van der Waals surface area contributed by atoms with Crippen LogP contribution in [-0.2, 0) is 22.6 Å². The molecule has 1 heterocycles. The number of hydrogen-bond donors (Lipinski definition) is 4. The van der Waals surface area contributed by atoms with Crippen molar-refractivity contribution in [2.45, 2.75) is 91.2 Å². The van der Waals surface area contributed by atoms with Gasteiger partial charge in [-0.25, -0.2) is 9.78 Å². The first-order valence-electron chi connectivity index (χ1n) is 16.3. The van der Waals surface area contributed by atoms with Crippen LogP contribution in [0.25, 0.3) is 10.8 Å². The second-order valence-corrected chi connectivity index (χ2v) is 13.1. The Morgan fingerprint density at radius 3 is 2.32 bits per heavy atom. The summed E-state index contributed by atoms with van der Waals surface area (Å²) in [6.45, 7) is 12.8. The van der Waals surface area contributed by atoms with Crippen molar-refractivity contribution < 1.29 is 19.1 Å². The zero-order valence-corrected chi connectivity index (χ0v) is 28.3. The Hall–Kier alpha value is -4.70. The van der Waals surface area contributed by atoms with Crippen molar-refractivity contribution in [1.82, 2.24) is 30.8 Å². The monoisotopic (exact) mass is 640 g/mol. The van der Waals surface area contributed by atoms with Crippen LogP contribution in [0.5, 0.6) is 0 Å². The lowest BCUT2D eigenvalue weighted by molar-refractivity contribution is -0.123. The number of imidazole rings is 1. The second kappa shape index (κ2) is 16.2. The number of nitrogens with one attached hydrogen (secondary N) is 4. The molecule has 3 amide bonds. The lowest BCUT2D eigenvalue weighted by Gasteiger charge is -2.27. The van der Waals surface area contributed by atoms with E-state index in [1.165, 1.54) is 0 Å². The summed E-state index contributed by atoms with van der Waals surface area (Å²) < 4.78 is 5.62. The first kappa shape index (κ1) is 35.2. The number of nitrogens with zero attached hydrogens (tertiary/aromatic N) is 2. The van der Waals surface area contributed by atoms with Gasteiger partial charge in [0.05, 0.1) is 12.6 Å². The number of rotatable bonds is 14. The van der Waals surface area contributed by atoms with Crippen molar-refractivity contribution >= 4 is 28.7 Å². The molecule has 4 rings (SSSR count). The van der Waals surface area contributed by atoms with Crippen LogP contribution in [0.3, 0.4) is 0 Å². The molecule has 2 atom stereocenters. The number of hydrogen-bond acceptors (Lipinski definition) is 6. The predicted molar refractivity (Wildman–Crippen MR) is 185 cm³/mol. The Morgan fingerprint density at radius 2 is 1.64 bits per heavy atom. The average Bonchev–Trinajstić information content (AvgIpc) is 3.54. The molecule has 3 aromatic carbocycles. The van der Waals surface area contributed by atoms with E-state index in [4.69, 9.17) is 4.74 Å². The third-order valence-corrected chi connectivity index (χ3v) is 7.63. The molecule has 0 spiro atoms. The number of amides is 3. The molecule has 4 N–H and O–H groups in total. The third-order valence-electron chi connectivity index (χ3n) is 7.63. The second-order valence-electron chi connectivity index (χ2n) is 13.1. The molecule has 4 aromatic rings. The quantitative estimate of drug-likeness (QED) is 0.121. The number of carbonyl (C=O) groups excluding carboxylic acids is 3. The Labute approximate surface area is 277 Å². The molecular weight excluding hydrogens is 592 g/mol. The minimum Gasteiger partial charge on any atom is -0.444 e. The van der Waals surface area contributed by atoms with Gasteiger partial charge in [-0.05, 0) is 81.1 Å². The van der Waals surface area contributed by atoms with Gasteiger partial charge in [-0.3, -0.25) is 14.5 Å². The highest BCUT2D eigenvalue weighted by atomic mass is 16.6. The molecule has 0 fully saturated rings. The van der Waals surface area contributed by atoms with Crippen LogP contribution >= 0.6 is 0 Å². The molecule has 0 saturated heterocycles. The summed E-state index contributed by atoms with van der Waals surface area (Å²) in [5.74, 6) is 0.0614. The molecule has 0 unspecified atom stereocenters. The molecule has 47 heavy (non-hydrogen) atoms. The summed E-state index contributed by atoms with van der Waals surface area (Å²) in [4.78, 5) is 48.9. The SMILES string of the molecule is CC(C)NCCC[C@H](NC(=O)c1ccc(CN(Cc2ncc[nH]2)C(=O)OC(C)(C)C)cc1)C(=O)N[C@@H](C)c1cccc2ccccc12. The van der Waals surface area contributed by atoms with E-state index in [1.807, 2.05) is 52.0 Å². The van der Waals surface area contributed by atoms with E-state index in [1.54, 1.807) is 41.6 Å². The van der Waals surface area contributed by atoms with E-state index in [9.17, 15) is 14.4 Å². The molecule has 10 nitrogen and oxygen atoms in total. The maximum Gasteiger partial charge on any atom is 0.410 e. The van der Waals surface area contributed by atoms with E-state index in [0.717, 1.165) is 28.4 Å². The number of H-pyrrole nitrogens is 1. The summed E-state index contributed by atoms with van der Waals surface area (Å²) in [5, 5.41) is 11.7. The maximum atomic E-state index is 13.6. The summed E-state index contributed by atoms with van der Waals surface area (Å²) >= 11 is 0. The number of ether oxygens (including phenoxy) is 1. The molecule has 0 aliphatic carbocycles. The van der Waals surface area contributed by atoms with Crippen molar-refractivity contribution in [3.63, 3.8) is 0 Å². The largest absolute Gasteiger partial charge is 0.444 e. The zero-order valence-electron chi connectivity index (χ0n) is 28.3. The van der Waals surface area contributed by atoms with E-state index in [-0.39, 0.29) is 30.9 Å². The molecule has 0 aliphatic heterocycles. The summed E-state index contributed by atoms with van der Waals surface area (Å²) in [6.07, 6.45) is 4.07. The highest BCUT2D eigenvalue weighted by molar-refractivity contribution is 5.97. The number of aromatic amines is 1. The highest BCUT2D eigenvalue weighted by Crippen LogP contribution is 2.24. The average molecular weight is 641 g/mol. The predicted octanol–water partition coefficient (Wildman–Crippen LogP) is 6.25. The van der Waals surface area contributed by atoms with Crippen molar-refractivity contribution in [2.24, 2.45) is 0 Å². The van der Waals surface area contributed by atoms with Crippen molar-refractivity contribution in [2.75, 3.05) is 6.54 Å². The molecular formula is C37H48N6O4. The summed E-state index contributed by atoms with van der Waals surface area (Å²) in [5.41, 5.74) is 1.60. The van der Waals surface area contributed by atoms with Crippen LogP contribution in [0.15, 0.2) is 79.1 Å². The fourth-order valence-electron chi connectivity index (χ4n) is 5.29. The van der Waals surface area contributed by atoms with Gasteiger partial charge in [0.1, 0.15) is 17.5 Å². The Kier molecular flexibility index (Phi) is 12.1. The van der Waals surface area contributed by atoms with Crippen molar-refractivity contribution in [1.29, 1.82) is 0 Å². The van der Waals surface area contributed by atoms with Gasteiger partial charge in [0.15, 0.2) is 0 Å². The van der Waals surface area contributed by atoms with Gasteiger partial charge in [0.2, 0.25) is 5.91 Å². The topological polar surface area (TPSA) is 128 Å². The van der Waals surface area contributed by atoms with Gasteiger partial charge < -0.3 is 25.7 Å². The van der Waals surface area contributed by atoms with Crippen LogP contribution in [0.1, 0.15) is 87.7 Å². The van der Waals surface area contributed by atoms with Crippen molar-refractivity contribution in [3.8, 4) is 0 Å². The van der Waals surface area contributed by atoms with E-state index >= 15 is 0 Å². The van der Waals surface area contributed by atoms with E-state index in [2.05, 4.69) is 58.0 Å². The fraction of sp³-hybridized carbons (Fsp3) is 0.405. The Bertz CT molecular complexity index is 1610. The van der Waals surface area contributed by atoms with Gasteiger partial charge in [-0.2, -0.15) is 0 Å². The molecule has 250 valence electrons. The van der Waals surface area contributed by atoms with Gasteiger partial charge in [0, 0.05) is 30.5 Å². The highest BCUT2D eigenvalue weighted by Gasteiger charge is 2.25. The van der Waals surface area contributed by atoms with Crippen LogP contribution in [0.2, 0.25) is 0 Å². The maximum absolute atomic E-state index is 13.6. The third kappa shape index (κ3) is 10.7. The molecule has 0 aliphatic rings. The Morgan fingerprint density at radius 1 is 0.915 bits per heavy atom. The number of benzene rings is 3. The molecule has 0 radical (unpaired) electrons. The summed E-state index contributed by atoms with van der Waals surface area (Å²) in [7, 11) is 0. The molecule has 1 aromatic heterocycles. The van der Waals surface area contributed by atoms with Gasteiger partial charge in [-0.1, -0.05) is 68.4 Å². The lowest BCUT2D eigenvalue weighted by Crippen LogP contribution is -2.47. The first-order valence-corrected chi connectivity index (χ1v) is 16.3. The normalized spacial score (nSPS) is 12.8. The number of carbonyl (C=O) groups is 3. The molecule has 0 saturated carbocycles. The fourth-order valence-corrected chi connectivity index (χ4v) is 5.29.